The first-order valence-corrected chi connectivity index (χ1v) is 10.5. The van der Waals surface area contributed by atoms with E-state index in [1.807, 2.05) is 0 Å². The van der Waals surface area contributed by atoms with Crippen LogP contribution in [0.15, 0.2) is 9.98 Å². The maximum absolute atomic E-state index is 8.60. The molecule has 0 aromatic rings. The van der Waals surface area contributed by atoms with Crippen LogP contribution in [0, 0.1) is 10.2 Å². The number of hydrogen-bond donors (Lipinski definition) is 3. The van der Waals surface area contributed by atoms with Gasteiger partial charge < -0.3 is 10.6 Å². The summed E-state index contributed by atoms with van der Waals surface area (Å²) in [4.78, 5) is 9.70. The van der Waals surface area contributed by atoms with Crippen LogP contribution in [0.1, 0.15) is 68.2 Å². The molecule has 0 fully saturated rings. The zero-order valence-corrected chi connectivity index (χ0v) is 18.7. The summed E-state index contributed by atoms with van der Waals surface area (Å²) in [5.41, 5.74) is 2.55. The highest BCUT2D eigenvalue weighted by molar-refractivity contribution is 5.83. The van der Waals surface area contributed by atoms with Gasteiger partial charge in [-0.25, -0.2) is 0 Å². The van der Waals surface area contributed by atoms with Crippen molar-refractivity contribution in [3.05, 3.63) is 0 Å². The fraction of sp³-hybridized carbons (Fsp3) is 0.889. The third-order valence-corrected chi connectivity index (χ3v) is 4.03. The zero-order valence-electron chi connectivity index (χ0n) is 17.9. The van der Waals surface area contributed by atoms with Crippen molar-refractivity contribution in [3.63, 3.8) is 0 Å². The lowest BCUT2D eigenvalue weighted by atomic mass is 9.96. The normalized spacial score (nSPS) is 27.4. The molecular formula is C18H37ClN4O4. The smallest absolute Gasteiger partial charge is 0.0777 e. The molecule has 0 radical (unpaired) electrons. The van der Waals surface area contributed by atoms with Crippen LogP contribution in [0.25, 0.3) is 0 Å². The molecule has 1 aliphatic rings. The van der Waals surface area contributed by atoms with Gasteiger partial charge in [0, 0.05) is 48.4 Å². The maximum atomic E-state index is 8.60. The molecule has 160 valence electrons. The van der Waals surface area contributed by atoms with Crippen molar-refractivity contribution < 1.29 is 28.9 Å². The molecule has 0 bridgehead atoms. The van der Waals surface area contributed by atoms with Gasteiger partial charge in [0.05, 0.1) is 27.0 Å². The minimum atomic E-state index is -4.69. The van der Waals surface area contributed by atoms with E-state index < -0.39 is 10.2 Å². The van der Waals surface area contributed by atoms with E-state index in [4.69, 9.17) is 28.6 Å². The van der Waals surface area contributed by atoms with Crippen LogP contribution in [0.5, 0.6) is 0 Å². The van der Waals surface area contributed by atoms with E-state index in [0.717, 1.165) is 25.9 Å². The van der Waals surface area contributed by atoms with Crippen LogP contribution in [0.2, 0.25) is 0 Å². The summed E-state index contributed by atoms with van der Waals surface area (Å²) in [5, 5.41) is 7.29. The summed E-state index contributed by atoms with van der Waals surface area (Å²) in [6, 6.07) is 0.600. The van der Waals surface area contributed by atoms with Crippen molar-refractivity contribution in [1.82, 2.24) is 10.6 Å². The average Bonchev–Trinajstić information content (AvgIpc) is 2.39. The second-order valence-corrected chi connectivity index (χ2v) is 9.50. The Labute approximate surface area is 165 Å². The van der Waals surface area contributed by atoms with Crippen LogP contribution >= 0.6 is 0 Å². The van der Waals surface area contributed by atoms with Crippen LogP contribution < -0.4 is 24.6 Å². The van der Waals surface area contributed by atoms with Crippen LogP contribution in [-0.2, 0) is 0 Å². The van der Waals surface area contributed by atoms with E-state index in [-0.39, 0.29) is 11.1 Å². The zero-order chi connectivity index (χ0) is 21.5. The SMILES string of the molecule is CC1=NC(C)CNC(C)(C)CC(C)=NC(C)CNC(C)(C)C1.[O-][Cl+3]([O-])([O-])O. The van der Waals surface area contributed by atoms with Crippen molar-refractivity contribution in [2.75, 3.05) is 13.1 Å². The first-order chi connectivity index (χ1) is 12.0. The summed E-state index contributed by atoms with van der Waals surface area (Å²) >= 11 is 0. The Bertz CT molecular complexity index is 470. The molecule has 8 nitrogen and oxygen atoms in total. The molecule has 0 aromatic carbocycles. The van der Waals surface area contributed by atoms with Gasteiger partial charge >= 0.3 is 0 Å². The molecule has 9 heteroatoms. The van der Waals surface area contributed by atoms with E-state index in [0.29, 0.717) is 12.1 Å². The molecule has 0 aliphatic carbocycles. The molecule has 0 saturated carbocycles. The topological polar surface area (TPSA) is 138 Å². The molecule has 3 N–H and O–H groups in total. The minimum absolute atomic E-state index is 0.0573. The fourth-order valence-electron chi connectivity index (χ4n) is 3.19. The Kier molecular flexibility index (Phi) is 10.6. The second kappa shape index (κ2) is 10.8. The maximum Gasteiger partial charge on any atom is 0.0777 e. The van der Waals surface area contributed by atoms with E-state index in [1.165, 1.54) is 11.4 Å². The first-order valence-electron chi connectivity index (χ1n) is 9.19. The lowest BCUT2D eigenvalue weighted by Crippen LogP contribution is -2.58. The van der Waals surface area contributed by atoms with Gasteiger partial charge in [-0.05, 0) is 55.4 Å². The van der Waals surface area contributed by atoms with Gasteiger partial charge in [0.2, 0.25) is 0 Å². The van der Waals surface area contributed by atoms with Gasteiger partial charge in [-0.2, -0.15) is 14.0 Å². The molecule has 0 amide bonds. The van der Waals surface area contributed by atoms with Crippen molar-refractivity contribution >= 4 is 11.4 Å². The Balaban J connectivity index is 0.00000119. The molecule has 1 rings (SSSR count). The summed E-state index contributed by atoms with van der Waals surface area (Å²) in [5.74, 6) is 0. The molecule has 2 unspecified atom stereocenters. The number of halogens is 1. The van der Waals surface area contributed by atoms with E-state index in [1.54, 1.807) is 0 Å². The highest BCUT2D eigenvalue weighted by atomic mass is 35.7. The van der Waals surface area contributed by atoms with Crippen LogP contribution in [0.3, 0.4) is 0 Å². The van der Waals surface area contributed by atoms with Crippen molar-refractivity contribution in [2.45, 2.75) is 91.4 Å². The first kappa shape index (κ1) is 26.4. The van der Waals surface area contributed by atoms with E-state index >= 15 is 0 Å². The number of aliphatic imine (C=N–C) groups is 2. The van der Waals surface area contributed by atoms with Crippen LogP contribution in [0.4, 0.5) is 0 Å². The summed E-state index contributed by atoms with van der Waals surface area (Å²) in [6.45, 7) is 19.4. The molecule has 0 saturated heterocycles. The Morgan fingerprint density at radius 2 is 1.11 bits per heavy atom. The Hall–Kier alpha value is -0.610. The van der Waals surface area contributed by atoms with Gasteiger partial charge in [0.1, 0.15) is 0 Å². The molecular weight excluding hydrogens is 372 g/mol. The standard InChI is InChI=1S/C18H36N4.ClHO4/c1-13-9-17(5,6)19-12-16(4)22-14(2)10-18(7,8)20-11-15(3)21-13;2-1(3,4)5/h15-16,19-20H,9-12H2,1-8H3;(H,2,3,4,5). The summed E-state index contributed by atoms with van der Waals surface area (Å²) < 4.78 is 32.7. The number of nitrogens with zero attached hydrogens (tertiary/aromatic N) is 2. The van der Waals surface area contributed by atoms with Crippen molar-refractivity contribution in [3.8, 4) is 0 Å². The second-order valence-electron chi connectivity index (χ2n) is 8.71. The summed E-state index contributed by atoms with van der Waals surface area (Å²) in [6.07, 6.45) is 1.94. The quantitative estimate of drug-likeness (QED) is 0.474. The van der Waals surface area contributed by atoms with Gasteiger partial charge in [-0.3, -0.25) is 9.98 Å². The average molecular weight is 409 g/mol. The number of hydrogen-bond acceptors (Lipinski definition) is 8. The predicted molar refractivity (Wildman–Crippen MR) is 101 cm³/mol. The van der Waals surface area contributed by atoms with Gasteiger partial charge in [-0.15, -0.1) is 0 Å². The van der Waals surface area contributed by atoms with Gasteiger partial charge in [0.15, 0.2) is 0 Å². The molecule has 27 heavy (non-hydrogen) atoms. The predicted octanol–water partition coefficient (Wildman–Crippen LogP) is -0.909. The lowest BCUT2D eigenvalue weighted by Gasteiger charge is -2.30. The highest BCUT2D eigenvalue weighted by Crippen LogP contribution is 2.14. The monoisotopic (exact) mass is 408 g/mol. The minimum Gasteiger partial charge on any atom is -0.309 e. The number of nitrogens with one attached hydrogen (secondary N) is 2. The summed E-state index contributed by atoms with van der Waals surface area (Å²) in [7, 11) is -4.69. The molecule has 0 aromatic heterocycles. The lowest BCUT2D eigenvalue weighted by molar-refractivity contribution is -1.92. The number of rotatable bonds is 0. The molecule has 0 spiro atoms. The molecule has 2 atom stereocenters. The van der Waals surface area contributed by atoms with E-state index in [9.17, 15) is 0 Å². The van der Waals surface area contributed by atoms with Crippen LogP contribution in [-0.4, -0.2) is 52.3 Å². The molecule has 1 heterocycles. The van der Waals surface area contributed by atoms with Gasteiger partial charge in [-0.1, -0.05) is 0 Å². The third-order valence-electron chi connectivity index (χ3n) is 4.03. The Morgan fingerprint density at radius 3 is 1.37 bits per heavy atom. The van der Waals surface area contributed by atoms with Crippen molar-refractivity contribution in [1.29, 1.82) is 0 Å². The van der Waals surface area contributed by atoms with Gasteiger partial charge in [0.25, 0.3) is 0 Å². The largest absolute Gasteiger partial charge is 0.309 e. The van der Waals surface area contributed by atoms with Crippen molar-refractivity contribution in [2.24, 2.45) is 9.98 Å². The molecule has 1 aliphatic heterocycles. The highest BCUT2D eigenvalue weighted by Gasteiger charge is 2.22. The third kappa shape index (κ3) is 16.1. The van der Waals surface area contributed by atoms with E-state index in [2.05, 4.69) is 66.0 Å². The fourth-order valence-corrected chi connectivity index (χ4v) is 3.19. The Morgan fingerprint density at radius 1 is 0.852 bits per heavy atom.